The van der Waals surface area contributed by atoms with Crippen molar-refractivity contribution >= 4 is 17.5 Å². The van der Waals surface area contributed by atoms with Gasteiger partial charge in [-0.1, -0.05) is 12.8 Å². The molecular formula is C19H26N2O4. The molecule has 0 aromatic heterocycles. The van der Waals surface area contributed by atoms with E-state index in [4.69, 9.17) is 9.47 Å². The Morgan fingerprint density at radius 1 is 1.16 bits per heavy atom. The van der Waals surface area contributed by atoms with Gasteiger partial charge in [0.05, 0.1) is 20.1 Å². The van der Waals surface area contributed by atoms with Gasteiger partial charge in [-0.25, -0.2) is 0 Å². The molecular weight excluding hydrogens is 320 g/mol. The zero-order chi connectivity index (χ0) is 18.0. The molecule has 1 heterocycles. The van der Waals surface area contributed by atoms with Crippen LogP contribution in [0.25, 0.3) is 0 Å². The number of nitrogens with one attached hydrogen (secondary N) is 1. The zero-order valence-corrected chi connectivity index (χ0v) is 15.1. The van der Waals surface area contributed by atoms with Crippen LogP contribution in [0.15, 0.2) is 12.1 Å². The number of benzene rings is 1. The maximum Gasteiger partial charge on any atom is 0.229 e. The average molecular weight is 346 g/mol. The van der Waals surface area contributed by atoms with E-state index in [0.29, 0.717) is 36.2 Å². The summed E-state index contributed by atoms with van der Waals surface area (Å²) in [6.07, 6.45) is 4.78. The third kappa shape index (κ3) is 3.57. The molecule has 2 fully saturated rings. The highest BCUT2D eigenvalue weighted by Gasteiger charge is 2.38. The van der Waals surface area contributed by atoms with Crippen LogP contribution in [0.2, 0.25) is 0 Å². The fourth-order valence-electron chi connectivity index (χ4n) is 3.83. The monoisotopic (exact) mass is 346 g/mol. The maximum absolute atomic E-state index is 12.7. The summed E-state index contributed by atoms with van der Waals surface area (Å²) in [5, 5.41) is 2.96. The topological polar surface area (TPSA) is 67.9 Å². The first kappa shape index (κ1) is 17.6. The molecule has 1 aliphatic heterocycles. The number of likely N-dealkylation sites (tertiary alicyclic amines) is 1. The van der Waals surface area contributed by atoms with Gasteiger partial charge in [0.15, 0.2) is 11.5 Å². The van der Waals surface area contributed by atoms with E-state index in [0.717, 1.165) is 18.4 Å². The van der Waals surface area contributed by atoms with E-state index in [1.165, 1.54) is 12.8 Å². The summed E-state index contributed by atoms with van der Waals surface area (Å²) in [5.74, 6) is 0.903. The Morgan fingerprint density at radius 2 is 1.80 bits per heavy atom. The van der Waals surface area contributed by atoms with Crippen LogP contribution >= 0.6 is 0 Å². The molecule has 0 spiro atoms. The van der Waals surface area contributed by atoms with Crippen molar-refractivity contribution < 1.29 is 19.1 Å². The molecule has 2 aliphatic rings. The van der Waals surface area contributed by atoms with E-state index < -0.39 is 0 Å². The van der Waals surface area contributed by atoms with E-state index in [1.54, 1.807) is 20.3 Å². The highest BCUT2D eigenvalue weighted by Crippen LogP contribution is 2.34. The number of carbonyl (C=O) groups is 2. The number of anilines is 1. The minimum absolute atomic E-state index is 0.107. The van der Waals surface area contributed by atoms with Crippen LogP contribution < -0.4 is 14.8 Å². The minimum Gasteiger partial charge on any atom is -0.493 e. The Labute approximate surface area is 148 Å². The number of rotatable bonds is 5. The molecule has 6 heteroatoms. The van der Waals surface area contributed by atoms with Crippen molar-refractivity contribution in [2.75, 3.05) is 26.1 Å². The van der Waals surface area contributed by atoms with Gasteiger partial charge < -0.3 is 19.7 Å². The van der Waals surface area contributed by atoms with Crippen molar-refractivity contribution in [1.82, 2.24) is 4.90 Å². The van der Waals surface area contributed by atoms with Gasteiger partial charge in [0.1, 0.15) is 0 Å². The molecule has 2 amide bonds. The molecule has 0 unspecified atom stereocenters. The fourth-order valence-corrected chi connectivity index (χ4v) is 3.83. The Kier molecular flexibility index (Phi) is 5.16. The number of carbonyl (C=O) groups excluding carboxylic acids is 2. The number of ether oxygens (including phenoxy) is 2. The van der Waals surface area contributed by atoms with Crippen LogP contribution in [-0.4, -0.2) is 43.5 Å². The fraction of sp³-hybridized carbons (Fsp3) is 0.579. The zero-order valence-electron chi connectivity index (χ0n) is 15.1. The van der Waals surface area contributed by atoms with Crippen molar-refractivity contribution in [2.45, 2.75) is 45.1 Å². The van der Waals surface area contributed by atoms with Gasteiger partial charge in [-0.05, 0) is 31.4 Å². The minimum atomic E-state index is -0.291. The Morgan fingerprint density at radius 3 is 2.44 bits per heavy atom. The molecule has 25 heavy (non-hydrogen) atoms. The molecule has 0 radical (unpaired) electrons. The van der Waals surface area contributed by atoms with Gasteiger partial charge in [-0.3, -0.25) is 9.59 Å². The number of aryl methyl sites for hydroxylation is 1. The number of hydrogen-bond donors (Lipinski definition) is 1. The summed E-state index contributed by atoms with van der Waals surface area (Å²) in [7, 11) is 3.14. The molecule has 1 aliphatic carbocycles. The Balaban J connectivity index is 1.69. The van der Waals surface area contributed by atoms with Crippen molar-refractivity contribution in [3.8, 4) is 11.5 Å². The summed E-state index contributed by atoms with van der Waals surface area (Å²) in [6.45, 7) is 2.43. The number of methoxy groups -OCH3 is 2. The Hall–Kier alpha value is -2.24. The standard InChI is InChI=1S/C19H26N2O4/c1-12-8-16(24-2)17(25-3)10-15(12)20-19(23)13-9-18(22)21(11-13)14-6-4-5-7-14/h8,10,13-14H,4-7,9,11H2,1-3H3,(H,20,23)/t13-/m0/s1. The molecule has 1 atom stereocenters. The third-order valence-corrected chi connectivity index (χ3v) is 5.28. The lowest BCUT2D eigenvalue weighted by Gasteiger charge is -2.24. The van der Waals surface area contributed by atoms with Crippen molar-refractivity contribution in [3.05, 3.63) is 17.7 Å². The highest BCUT2D eigenvalue weighted by molar-refractivity contribution is 5.98. The van der Waals surface area contributed by atoms with E-state index in [-0.39, 0.29) is 17.7 Å². The quantitative estimate of drug-likeness (QED) is 0.890. The number of amides is 2. The first-order valence-electron chi connectivity index (χ1n) is 8.86. The lowest BCUT2D eigenvalue weighted by Crippen LogP contribution is -2.35. The van der Waals surface area contributed by atoms with E-state index in [2.05, 4.69) is 5.32 Å². The second-order valence-corrected chi connectivity index (χ2v) is 6.90. The maximum atomic E-state index is 12.7. The molecule has 1 saturated heterocycles. The van der Waals surface area contributed by atoms with E-state index in [1.807, 2.05) is 17.9 Å². The normalized spacial score (nSPS) is 20.8. The molecule has 136 valence electrons. The summed E-state index contributed by atoms with van der Waals surface area (Å²) >= 11 is 0. The second kappa shape index (κ2) is 7.33. The van der Waals surface area contributed by atoms with Gasteiger partial charge >= 0.3 is 0 Å². The van der Waals surface area contributed by atoms with Gasteiger partial charge in [-0.2, -0.15) is 0 Å². The van der Waals surface area contributed by atoms with Gasteiger partial charge in [0.25, 0.3) is 0 Å². The summed E-state index contributed by atoms with van der Waals surface area (Å²) in [4.78, 5) is 26.9. The predicted molar refractivity (Wildman–Crippen MR) is 95.0 cm³/mol. The molecule has 1 aromatic carbocycles. The van der Waals surface area contributed by atoms with Crippen LogP contribution in [0.5, 0.6) is 11.5 Å². The van der Waals surface area contributed by atoms with Crippen LogP contribution in [0.3, 0.4) is 0 Å². The van der Waals surface area contributed by atoms with Crippen LogP contribution in [0, 0.1) is 12.8 Å². The lowest BCUT2D eigenvalue weighted by atomic mass is 10.1. The first-order valence-corrected chi connectivity index (χ1v) is 8.86. The lowest BCUT2D eigenvalue weighted by molar-refractivity contribution is -0.129. The first-order chi connectivity index (χ1) is 12.0. The second-order valence-electron chi connectivity index (χ2n) is 6.90. The van der Waals surface area contributed by atoms with Gasteiger partial charge in [0.2, 0.25) is 11.8 Å². The van der Waals surface area contributed by atoms with Crippen molar-refractivity contribution in [3.63, 3.8) is 0 Å². The molecule has 1 aromatic rings. The molecule has 1 saturated carbocycles. The highest BCUT2D eigenvalue weighted by atomic mass is 16.5. The average Bonchev–Trinajstić information content (AvgIpc) is 3.25. The molecule has 3 rings (SSSR count). The largest absolute Gasteiger partial charge is 0.493 e. The summed E-state index contributed by atoms with van der Waals surface area (Å²) in [5.41, 5.74) is 1.58. The van der Waals surface area contributed by atoms with E-state index in [9.17, 15) is 9.59 Å². The molecule has 6 nitrogen and oxygen atoms in total. The molecule has 1 N–H and O–H groups in total. The van der Waals surface area contributed by atoms with Crippen LogP contribution in [-0.2, 0) is 9.59 Å². The Bertz CT molecular complexity index is 668. The third-order valence-electron chi connectivity index (χ3n) is 5.28. The van der Waals surface area contributed by atoms with Crippen molar-refractivity contribution in [2.24, 2.45) is 5.92 Å². The van der Waals surface area contributed by atoms with Crippen LogP contribution in [0.4, 0.5) is 5.69 Å². The van der Waals surface area contributed by atoms with Gasteiger partial charge in [0, 0.05) is 30.8 Å². The van der Waals surface area contributed by atoms with Gasteiger partial charge in [-0.15, -0.1) is 0 Å². The number of hydrogen-bond acceptors (Lipinski definition) is 4. The smallest absolute Gasteiger partial charge is 0.229 e. The van der Waals surface area contributed by atoms with E-state index >= 15 is 0 Å². The van der Waals surface area contributed by atoms with Crippen molar-refractivity contribution in [1.29, 1.82) is 0 Å². The summed E-state index contributed by atoms with van der Waals surface area (Å²) in [6, 6.07) is 3.92. The SMILES string of the molecule is COc1cc(C)c(NC(=O)[C@H]2CC(=O)N(C3CCCC3)C2)cc1OC. The predicted octanol–water partition coefficient (Wildman–Crippen LogP) is 2.74. The van der Waals surface area contributed by atoms with Crippen LogP contribution in [0.1, 0.15) is 37.7 Å². The number of nitrogens with zero attached hydrogens (tertiary/aromatic N) is 1. The molecule has 0 bridgehead atoms. The summed E-state index contributed by atoms with van der Waals surface area (Å²) < 4.78 is 10.6.